The molecule has 3 aromatic rings. The number of alkyl carbamates (subject to hydrolysis) is 1. The number of methoxy groups -OCH3 is 2. The number of thioether (sulfide) groups is 1. The lowest BCUT2D eigenvalue weighted by Gasteiger charge is -2.62. The monoisotopic (exact) mass is 920 g/mol. The number of likely N-dealkylation sites (N-methyl/N-ethyl adjacent to an activating group) is 1. The van der Waals surface area contributed by atoms with E-state index in [1.54, 1.807) is 34.8 Å². The number of nitrogens with zero attached hydrogens (tertiary/aromatic N) is 3. The molecule has 348 valence electrons. The number of carbonyl (C=O) groups is 3. The second-order valence-corrected chi connectivity index (χ2v) is 19.8. The van der Waals surface area contributed by atoms with Crippen LogP contribution >= 0.6 is 11.8 Å². The second-order valence-electron chi connectivity index (χ2n) is 18.8. The van der Waals surface area contributed by atoms with E-state index < -0.39 is 65.9 Å². The van der Waals surface area contributed by atoms with E-state index in [2.05, 4.69) is 40.6 Å². The number of piperidine rings is 1. The van der Waals surface area contributed by atoms with Gasteiger partial charge in [0, 0.05) is 59.7 Å². The molecule has 6 aliphatic rings. The van der Waals surface area contributed by atoms with E-state index in [9.17, 15) is 24.8 Å². The van der Waals surface area contributed by atoms with Gasteiger partial charge in [-0.05, 0) is 81.5 Å². The number of hydrogen-bond acceptors (Lipinski definition) is 15. The lowest BCUT2D eigenvalue weighted by atomic mass is 9.65. The highest BCUT2D eigenvalue weighted by molar-refractivity contribution is 7.99. The molecular formula is C50H56N4O11S. The molecule has 16 heteroatoms. The van der Waals surface area contributed by atoms with Gasteiger partial charge in [-0.15, -0.1) is 0 Å². The molecule has 2 aliphatic carbocycles. The third-order valence-corrected chi connectivity index (χ3v) is 14.9. The quantitative estimate of drug-likeness (QED) is 0.158. The van der Waals surface area contributed by atoms with Gasteiger partial charge in [0.15, 0.2) is 41.2 Å². The summed E-state index contributed by atoms with van der Waals surface area (Å²) in [6.45, 7) is 8.08. The predicted molar refractivity (Wildman–Crippen MR) is 244 cm³/mol. The van der Waals surface area contributed by atoms with Gasteiger partial charge >= 0.3 is 12.1 Å². The zero-order valence-corrected chi connectivity index (χ0v) is 39.3. The number of benzene rings is 3. The molecule has 2 bridgehead atoms. The average molecular weight is 921 g/mol. The van der Waals surface area contributed by atoms with Crippen molar-refractivity contribution < 1.29 is 52.6 Å². The predicted octanol–water partition coefficient (Wildman–Crippen LogP) is 6.06. The van der Waals surface area contributed by atoms with Crippen LogP contribution in [0.2, 0.25) is 0 Å². The number of rotatable bonds is 12. The minimum absolute atomic E-state index is 0.0584. The van der Waals surface area contributed by atoms with Crippen LogP contribution in [0.5, 0.6) is 11.5 Å². The van der Waals surface area contributed by atoms with E-state index in [-0.39, 0.29) is 60.4 Å². The van der Waals surface area contributed by atoms with Crippen molar-refractivity contribution in [2.75, 3.05) is 53.0 Å². The largest absolute Gasteiger partial charge is 0.493 e. The number of nitrogens with one attached hydrogen (secondary N) is 1. The zero-order valence-electron chi connectivity index (χ0n) is 38.5. The Morgan fingerprint density at radius 1 is 1.03 bits per heavy atom. The number of hydrogen-bond donors (Lipinski definition) is 2. The molecule has 0 saturated carbocycles. The van der Waals surface area contributed by atoms with Gasteiger partial charge in [-0.3, -0.25) is 14.6 Å². The molecule has 3 saturated heterocycles. The summed E-state index contributed by atoms with van der Waals surface area (Å²) in [4.78, 5) is 46.7. The summed E-state index contributed by atoms with van der Waals surface area (Å²) in [6, 6.07) is 16.6. The number of Topliss-reactive ketones (excluding diaryl/α,β-unsaturated/α-hetero) is 1. The van der Waals surface area contributed by atoms with Gasteiger partial charge in [-0.25, -0.2) is 9.59 Å². The van der Waals surface area contributed by atoms with Crippen LogP contribution in [-0.2, 0) is 39.7 Å². The Bertz CT molecular complexity index is 2540. The fourth-order valence-corrected chi connectivity index (χ4v) is 12.3. The van der Waals surface area contributed by atoms with Gasteiger partial charge in [-0.1, -0.05) is 54.6 Å². The van der Waals surface area contributed by atoms with Gasteiger partial charge in [0.05, 0.1) is 25.3 Å². The first kappa shape index (κ1) is 45.6. The van der Waals surface area contributed by atoms with Gasteiger partial charge in [0.1, 0.15) is 24.3 Å². The number of esters is 1. The number of aliphatic hydroxyl groups is 1. The molecule has 4 heterocycles. The standard InChI is InChI=1S/C50H56N4O11S/c1-26-17-28-18-35-37(20-51)54-36(41(53(35)6)39(28)44(42(26)60-8)62-24-59-7)19-50(58)40(45-43(63-25-64-45)27(2)46(50)55)38(54)21-61-47(56)34(52-48(57)65-49(3,4)5)23-66-22-33-31-15-11-9-13-29(31)30-14-10-12-16-32(30)33/h9-17,33-38,41,58H,18-19,21-25H2,1-8H3,(H,52,57)/t34-,35-,36?,37+,38+,41+,50?/m1/s1. The molecule has 4 aliphatic heterocycles. The van der Waals surface area contributed by atoms with Crippen LogP contribution in [0.1, 0.15) is 73.9 Å². The van der Waals surface area contributed by atoms with E-state index in [1.807, 2.05) is 49.2 Å². The Kier molecular flexibility index (Phi) is 12.1. The van der Waals surface area contributed by atoms with Crippen molar-refractivity contribution >= 4 is 29.6 Å². The van der Waals surface area contributed by atoms with Gasteiger partial charge in [0.2, 0.25) is 6.79 Å². The first-order chi connectivity index (χ1) is 31.6. The van der Waals surface area contributed by atoms with Crippen LogP contribution in [-0.4, -0.2) is 127 Å². The normalized spacial score (nSPS) is 25.8. The second kappa shape index (κ2) is 17.6. The Labute approximate surface area is 388 Å². The highest BCUT2D eigenvalue weighted by Crippen LogP contribution is 2.57. The number of nitriles is 1. The van der Waals surface area contributed by atoms with Crippen molar-refractivity contribution in [1.29, 1.82) is 5.26 Å². The number of fused-ring (bicyclic) bond motifs is 11. The van der Waals surface area contributed by atoms with Crippen LogP contribution in [0.15, 0.2) is 77.3 Å². The Hall–Kier alpha value is -5.57. The van der Waals surface area contributed by atoms with Crippen LogP contribution in [0.25, 0.3) is 11.1 Å². The van der Waals surface area contributed by atoms with Gasteiger partial charge < -0.3 is 43.6 Å². The number of piperazine rings is 1. The molecule has 3 fully saturated rings. The average Bonchev–Trinajstić information content (AvgIpc) is 3.89. The van der Waals surface area contributed by atoms with E-state index in [0.717, 1.165) is 16.7 Å². The summed E-state index contributed by atoms with van der Waals surface area (Å²) in [5, 5.41) is 26.9. The number of ketones is 1. The van der Waals surface area contributed by atoms with Crippen molar-refractivity contribution in [3.8, 4) is 28.7 Å². The molecule has 1 amide bonds. The highest BCUT2D eigenvalue weighted by Gasteiger charge is 2.64. The number of carbonyl (C=O) groups excluding carboxylic acids is 3. The first-order valence-corrected chi connectivity index (χ1v) is 23.4. The Morgan fingerprint density at radius 3 is 2.36 bits per heavy atom. The lowest BCUT2D eigenvalue weighted by molar-refractivity contribution is -0.159. The summed E-state index contributed by atoms with van der Waals surface area (Å²) in [5.74, 6) is 0.880. The summed E-state index contributed by atoms with van der Waals surface area (Å²) in [5.41, 5.74) is 4.70. The van der Waals surface area contributed by atoms with E-state index in [0.29, 0.717) is 23.7 Å². The summed E-state index contributed by atoms with van der Waals surface area (Å²) in [7, 11) is 5.04. The topological polar surface area (TPSA) is 178 Å². The van der Waals surface area contributed by atoms with Crippen LogP contribution in [0, 0.1) is 18.3 Å². The summed E-state index contributed by atoms with van der Waals surface area (Å²) < 4.78 is 41.4. The highest BCUT2D eigenvalue weighted by atomic mass is 32.2. The molecule has 2 unspecified atom stereocenters. The molecule has 0 spiro atoms. The fourth-order valence-electron chi connectivity index (χ4n) is 11.2. The molecule has 2 N–H and O–H groups in total. The third kappa shape index (κ3) is 7.58. The van der Waals surface area contributed by atoms with Crippen molar-refractivity contribution in [3.05, 3.63) is 105 Å². The van der Waals surface area contributed by atoms with Gasteiger partial charge in [0.25, 0.3) is 0 Å². The zero-order chi connectivity index (χ0) is 46.8. The maximum atomic E-state index is 14.6. The van der Waals surface area contributed by atoms with Crippen LogP contribution in [0.3, 0.4) is 0 Å². The van der Waals surface area contributed by atoms with Crippen molar-refractivity contribution in [3.63, 3.8) is 0 Å². The molecule has 9 rings (SSSR count). The Balaban J connectivity index is 1.08. The molecule has 15 nitrogen and oxygen atoms in total. The molecule has 0 aromatic heterocycles. The summed E-state index contributed by atoms with van der Waals surface area (Å²) >= 11 is 1.51. The van der Waals surface area contributed by atoms with Crippen LogP contribution in [0.4, 0.5) is 4.79 Å². The summed E-state index contributed by atoms with van der Waals surface area (Å²) in [6.07, 6.45) is -0.459. The van der Waals surface area contributed by atoms with Crippen LogP contribution < -0.4 is 14.8 Å². The SMILES string of the molecule is COCOc1c(OC)c(C)cc2c1[C@@H]1C3CC4(O)C(=O)C(C)=C5OCOC5=C4[C@H](COC(=O)[C@@H](CSCC4c5ccccc5-c5ccccc54)NC(=O)OC(C)(C)C)N3[C@@H](C#N)[C@@H](C2)N1C. The van der Waals surface area contributed by atoms with Crippen molar-refractivity contribution in [1.82, 2.24) is 15.1 Å². The molecular weight excluding hydrogens is 865 g/mol. The molecule has 0 radical (unpaired) electrons. The fraction of sp³-hybridized carbons (Fsp3) is 0.480. The third-order valence-electron chi connectivity index (χ3n) is 13.8. The van der Waals surface area contributed by atoms with Crippen molar-refractivity contribution in [2.24, 2.45) is 0 Å². The first-order valence-electron chi connectivity index (χ1n) is 22.2. The Morgan fingerprint density at radius 2 is 1.71 bits per heavy atom. The number of ether oxygens (including phenoxy) is 7. The lowest BCUT2D eigenvalue weighted by Crippen LogP contribution is -2.74. The maximum absolute atomic E-state index is 14.6. The number of aryl methyl sites for hydroxylation is 1. The molecule has 7 atom stereocenters. The van der Waals surface area contributed by atoms with Crippen molar-refractivity contribution in [2.45, 2.75) is 101 Å². The van der Waals surface area contributed by atoms with Gasteiger partial charge in [-0.2, -0.15) is 17.0 Å². The maximum Gasteiger partial charge on any atom is 0.408 e. The van der Waals surface area contributed by atoms with E-state index in [4.69, 9.17) is 33.2 Å². The molecule has 3 aromatic carbocycles. The molecule has 66 heavy (non-hydrogen) atoms. The van der Waals surface area contributed by atoms with E-state index in [1.165, 1.54) is 41.1 Å². The number of amides is 1. The van der Waals surface area contributed by atoms with E-state index >= 15 is 0 Å². The minimum atomic E-state index is -2.14. The minimum Gasteiger partial charge on any atom is -0.493 e. The smallest absolute Gasteiger partial charge is 0.408 e.